The van der Waals surface area contributed by atoms with Crippen LogP contribution >= 0.6 is 0 Å². The van der Waals surface area contributed by atoms with Crippen molar-refractivity contribution in [3.63, 3.8) is 0 Å². The van der Waals surface area contributed by atoms with Gasteiger partial charge in [0, 0.05) is 12.7 Å². The van der Waals surface area contributed by atoms with Gasteiger partial charge in [0.15, 0.2) is 0 Å². The minimum atomic E-state index is -3.45. The van der Waals surface area contributed by atoms with Crippen molar-refractivity contribution in [3.8, 4) is 0 Å². The van der Waals surface area contributed by atoms with Crippen molar-refractivity contribution >= 4 is 15.8 Å². The standard InChI is InChI=1S/C10H17N3O2S/c1-3-8(2)6-13-16(14,15)9-4-5-10(11)12-7-9/h4-5,7-8,13H,3,6H2,1-2H3,(H2,11,12). The molecule has 3 N–H and O–H groups in total. The minimum absolute atomic E-state index is 0.144. The van der Waals surface area contributed by atoms with Gasteiger partial charge in [0.2, 0.25) is 10.0 Å². The summed E-state index contributed by atoms with van der Waals surface area (Å²) in [7, 11) is -3.45. The van der Waals surface area contributed by atoms with E-state index in [2.05, 4.69) is 9.71 Å². The smallest absolute Gasteiger partial charge is 0.242 e. The summed E-state index contributed by atoms with van der Waals surface area (Å²) in [5.74, 6) is 0.623. The van der Waals surface area contributed by atoms with Crippen molar-refractivity contribution < 1.29 is 8.42 Å². The van der Waals surface area contributed by atoms with E-state index in [1.165, 1.54) is 18.3 Å². The fraction of sp³-hybridized carbons (Fsp3) is 0.500. The van der Waals surface area contributed by atoms with Crippen LogP contribution in [-0.4, -0.2) is 19.9 Å². The molecule has 1 aromatic rings. The summed E-state index contributed by atoms with van der Waals surface area (Å²) in [6, 6.07) is 2.92. The van der Waals surface area contributed by atoms with E-state index < -0.39 is 10.0 Å². The quantitative estimate of drug-likeness (QED) is 0.807. The summed E-state index contributed by atoms with van der Waals surface area (Å²) in [4.78, 5) is 3.89. The van der Waals surface area contributed by atoms with E-state index in [0.29, 0.717) is 18.3 Å². The van der Waals surface area contributed by atoms with E-state index in [-0.39, 0.29) is 4.90 Å². The van der Waals surface area contributed by atoms with E-state index >= 15 is 0 Å². The van der Waals surface area contributed by atoms with Gasteiger partial charge in [0.25, 0.3) is 0 Å². The molecule has 0 fully saturated rings. The second-order valence-corrected chi connectivity index (χ2v) is 5.55. The average Bonchev–Trinajstić information content (AvgIpc) is 2.26. The topological polar surface area (TPSA) is 85.1 Å². The van der Waals surface area contributed by atoms with Gasteiger partial charge < -0.3 is 5.73 Å². The monoisotopic (exact) mass is 243 g/mol. The van der Waals surface area contributed by atoms with Crippen LogP contribution in [0.25, 0.3) is 0 Å². The van der Waals surface area contributed by atoms with Crippen LogP contribution in [0.1, 0.15) is 20.3 Å². The number of aromatic nitrogens is 1. The zero-order valence-electron chi connectivity index (χ0n) is 9.47. The van der Waals surface area contributed by atoms with Gasteiger partial charge in [-0.15, -0.1) is 0 Å². The van der Waals surface area contributed by atoms with Crippen LogP contribution in [0.3, 0.4) is 0 Å². The van der Waals surface area contributed by atoms with Crippen LogP contribution in [0.2, 0.25) is 0 Å². The molecule has 0 aliphatic rings. The lowest BCUT2D eigenvalue weighted by molar-refractivity contribution is 0.528. The maximum absolute atomic E-state index is 11.8. The molecule has 6 heteroatoms. The van der Waals surface area contributed by atoms with Gasteiger partial charge in [-0.05, 0) is 18.1 Å². The Morgan fingerprint density at radius 2 is 2.19 bits per heavy atom. The molecular weight excluding hydrogens is 226 g/mol. The lowest BCUT2D eigenvalue weighted by Gasteiger charge is -2.10. The number of hydrogen-bond donors (Lipinski definition) is 2. The van der Waals surface area contributed by atoms with Crippen LogP contribution in [0.15, 0.2) is 23.2 Å². The molecule has 1 aromatic heterocycles. The number of rotatable bonds is 5. The van der Waals surface area contributed by atoms with Gasteiger partial charge in [0.05, 0.1) is 0 Å². The maximum atomic E-state index is 11.8. The molecule has 0 aliphatic heterocycles. The molecule has 0 saturated heterocycles. The highest BCUT2D eigenvalue weighted by Crippen LogP contribution is 2.09. The first-order valence-electron chi connectivity index (χ1n) is 5.17. The molecule has 0 radical (unpaired) electrons. The second kappa shape index (κ2) is 5.27. The Bertz CT molecular complexity index is 428. The SMILES string of the molecule is CCC(C)CNS(=O)(=O)c1ccc(N)nc1. The van der Waals surface area contributed by atoms with Crippen molar-refractivity contribution in [2.24, 2.45) is 5.92 Å². The predicted molar refractivity (Wildman–Crippen MR) is 63.3 cm³/mol. The van der Waals surface area contributed by atoms with E-state index in [4.69, 9.17) is 5.73 Å². The van der Waals surface area contributed by atoms with Crippen LogP contribution in [-0.2, 0) is 10.0 Å². The van der Waals surface area contributed by atoms with Crippen LogP contribution in [0.5, 0.6) is 0 Å². The molecule has 0 aliphatic carbocycles. The van der Waals surface area contributed by atoms with Crippen LogP contribution in [0.4, 0.5) is 5.82 Å². The van der Waals surface area contributed by atoms with Gasteiger partial charge in [-0.2, -0.15) is 0 Å². The van der Waals surface area contributed by atoms with Gasteiger partial charge >= 0.3 is 0 Å². The Balaban J connectivity index is 2.74. The molecule has 0 spiro atoms. The summed E-state index contributed by atoms with van der Waals surface area (Å²) < 4.78 is 26.1. The molecule has 5 nitrogen and oxygen atoms in total. The van der Waals surface area contributed by atoms with Crippen LogP contribution < -0.4 is 10.5 Å². The normalized spacial score (nSPS) is 13.6. The van der Waals surface area contributed by atoms with Crippen molar-refractivity contribution in [3.05, 3.63) is 18.3 Å². The molecule has 90 valence electrons. The molecule has 0 bridgehead atoms. The van der Waals surface area contributed by atoms with E-state index in [9.17, 15) is 8.42 Å². The van der Waals surface area contributed by atoms with Gasteiger partial charge in [-0.3, -0.25) is 0 Å². The summed E-state index contributed by atoms with van der Waals surface area (Å²) in [5.41, 5.74) is 5.39. The highest BCUT2D eigenvalue weighted by Gasteiger charge is 2.14. The van der Waals surface area contributed by atoms with E-state index in [1.807, 2.05) is 13.8 Å². The minimum Gasteiger partial charge on any atom is -0.384 e. The Labute approximate surface area is 96.1 Å². The first-order chi connectivity index (χ1) is 7.45. The molecule has 1 atom stereocenters. The number of pyridine rings is 1. The number of nitrogen functional groups attached to an aromatic ring is 1. The van der Waals surface area contributed by atoms with Crippen molar-refractivity contribution in [2.45, 2.75) is 25.2 Å². The molecular formula is C10H17N3O2S. The fourth-order valence-corrected chi connectivity index (χ4v) is 2.14. The number of nitrogens with one attached hydrogen (secondary N) is 1. The Hall–Kier alpha value is -1.14. The number of nitrogens with two attached hydrogens (primary N) is 1. The highest BCUT2D eigenvalue weighted by molar-refractivity contribution is 7.89. The molecule has 1 heterocycles. The Morgan fingerprint density at radius 1 is 1.50 bits per heavy atom. The second-order valence-electron chi connectivity index (χ2n) is 3.78. The average molecular weight is 243 g/mol. The third kappa shape index (κ3) is 3.46. The molecule has 0 amide bonds. The number of sulfonamides is 1. The fourth-order valence-electron chi connectivity index (χ4n) is 1.03. The number of hydrogen-bond acceptors (Lipinski definition) is 4. The molecule has 16 heavy (non-hydrogen) atoms. The van der Waals surface area contributed by atoms with Crippen molar-refractivity contribution in [1.29, 1.82) is 0 Å². The van der Waals surface area contributed by atoms with E-state index in [1.54, 1.807) is 0 Å². The number of nitrogens with zero attached hydrogens (tertiary/aromatic N) is 1. The maximum Gasteiger partial charge on any atom is 0.242 e. The summed E-state index contributed by atoms with van der Waals surface area (Å²) in [6.07, 6.45) is 2.19. The van der Waals surface area contributed by atoms with Crippen molar-refractivity contribution in [1.82, 2.24) is 9.71 Å². The van der Waals surface area contributed by atoms with Gasteiger partial charge in [0.1, 0.15) is 10.7 Å². The first-order valence-corrected chi connectivity index (χ1v) is 6.65. The molecule has 0 aromatic carbocycles. The summed E-state index contributed by atoms with van der Waals surface area (Å²) >= 11 is 0. The zero-order valence-corrected chi connectivity index (χ0v) is 10.3. The Morgan fingerprint density at radius 3 is 2.69 bits per heavy atom. The summed E-state index contributed by atoms with van der Waals surface area (Å²) in [6.45, 7) is 4.44. The Kier molecular flexibility index (Phi) is 4.26. The lowest BCUT2D eigenvalue weighted by Crippen LogP contribution is -2.28. The summed E-state index contributed by atoms with van der Waals surface area (Å²) in [5, 5.41) is 0. The van der Waals surface area contributed by atoms with E-state index in [0.717, 1.165) is 6.42 Å². The van der Waals surface area contributed by atoms with Crippen LogP contribution in [0, 0.1) is 5.92 Å². The van der Waals surface area contributed by atoms with Gasteiger partial charge in [-0.1, -0.05) is 20.3 Å². The molecule has 0 saturated carbocycles. The largest absolute Gasteiger partial charge is 0.384 e. The lowest BCUT2D eigenvalue weighted by atomic mass is 10.1. The van der Waals surface area contributed by atoms with Crippen molar-refractivity contribution in [2.75, 3.05) is 12.3 Å². The number of anilines is 1. The zero-order chi connectivity index (χ0) is 12.2. The predicted octanol–water partition coefficient (Wildman–Crippen LogP) is 0.988. The molecule has 1 rings (SSSR count). The molecule has 1 unspecified atom stereocenters. The highest BCUT2D eigenvalue weighted by atomic mass is 32.2. The first kappa shape index (κ1) is 12.9. The third-order valence-electron chi connectivity index (χ3n) is 2.39. The van der Waals surface area contributed by atoms with Gasteiger partial charge in [-0.25, -0.2) is 18.1 Å². The third-order valence-corrected chi connectivity index (χ3v) is 3.80.